The lowest BCUT2D eigenvalue weighted by Crippen LogP contribution is -2.30. The second-order valence-corrected chi connectivity index (χ2v) is 5.07. The predicted molar refractivity (Wildman–Crippen MR) is 79.9 cm³/mol. The average molecular weight is 284 g/mol. The lowest BCUT2D eigenvalue weighted by Gasteiger charge is -2.26. The Morgan fingerprint density at radius 2 is 2.05 bits per heavy atom. The number of hydrogen-bond acceptors (Lipinski definition) is 2. The van der Waals surface area contributed by atoms with Gasteiger partial charge in [-0.2, -0.15) is 0 Å². The summed E-state index contributed by atoms with van der Waals surface area (Å²) >= 11 is 5.99. The number of nitrogens with zero attached hydrogens (tertiary/aromatic N) is 1. The Kier molecular flexibility index (Phi) is 6.16. The van der Waals surface area contributed by atoms with Crippen molar-refractivity contribution in [2.45, 2.75) is 33.2 Å². The molecule has 3 nitrogen and oxygen atoms in total. The van der Waals surface area contributed by atoms with Crippen LogP contribution in [-0.4, -0.2) is 24.2 Å². The van der Waals surface area contributed by atoms with Crippen LogP contribution in [0.5, 0.6) is 0 Å². The molecule has 1 aromatic rings. The number of benzene rings is 1. The van der Waals surface area contributed by atoms with Gasteiger partial charge >= 0.3 is 0 Å². The van der Waals surface area contributed by atoms with Crippen LogP contribution in [-0.2, 0) is 4.79 Å². The largest absolute Gasteiger partial charge is 0.483 e. The van der Waals surface area contributed by atoms with Crippen LogP contribution in [0.1, 0.15) is 27.2 Å². The Bertz CT molecular complexity index is 411. The van der Waals surface area contributed by atoms with Gasteiger partial charge in [-0.1, -0.05) is 31.5 Å². The van der Waals surface area contributed by atoms with E-state index in [0.717, 1.165) is 16.9 Å². The average Bonchev–Trinajstić information content (AvgIpc) is 3.11. The third kappa shape index (κ3) is 3.87. The van der Waals surface area contributed by atoms with Crippen molar-refractivity contribution in [1.29, 1.82) is 0 Å². The molecule has 4 heteroatoms. The summed E-state index contributed by atoms with van der Waals surface area (Å²) in [5.41, 5.74) is 1.29. The lowest BCUT2D eigenvalue weighted by molar-refractivity contribution is -0.122. The summed E-state index contributed by atoms with van der Waals surface area (Å²) in [6.45, 7) is 7.31. The van der Waals surface area contributed by atoms with Gasteiger partial charge in [-0.15, -0.1) is 0 Å². The zero-order valence-corrected chi connectivity index (χ0v) is 12.5. The molecule has 0 spiro atoms. The third-order valence-corrected chi connectivity index (χ3v) is 3.89. The zero-order valence-electron chi connectivity index (χ0n) is 11.7. The van der Waals surface area contributed by atoms with Crippen LogP contribution < -0.4 is 4.90 Å². The molecule has 1 saturated carbocycles. The molecule has 1 aromatic carbocycles. The number of anilines is 1. The Balaban J connectivity index is 0.000000321. The SMILES string of the molecule is CC.CC1C2CC2CN1c1cccc(Cl)c1.O=CO. The summed E-state index contributed by atoms with van der Waals surface area (Å²) in [6.07, 6.45) is 1.44. The second-order valence-electron chi connectivity index (χ2n) is 4.64. The highest BCUT2D eigenvalue weighted by atomic mass is 35.5. The van der Waals surface area contributed by atoms with Crippen molar-refractivity contribution in [3.05, 3.63) is 29.3 Å². The minimum Gasteiger partial charge on any atom is -0.483 e. The monoisotopic (exact) mass is 283 g/mol. The normalized spacial score (nSPS) is 26.3. The molecule has 19 heavy (non-hydrogen) atoms. The highest BCUT2D eigenvalue weighted by molar-refractivity contribution is 6.30. The van der Waals surface area contributed by atoms with E-state index in [1.807, 2.05) is 26.0 Å². The molecule has 0 aromatic heterocycles. The number of carbonyl (C=O) groups is 1. The van der Waals surface area contributed by atoms with Gasteiger partial charge in [0.15, 0.2) is 0 Å². The van der Waals surface area contributed by atoms with Gasteiger partial charge in [-0.05, 0) is 43.4 Å². The fourth-order valence-electron chi connectivity index (χ4n) is 2.72. The third-order valence-electron chi connectivity index (χ3n) is 3.66. The molecule has 2 aliphatic rings. The summed E-state index contributed by atoms with van der Waals surface area (Å²) in [6, 6.07) is 8.91. The predicted octanol–water partition coefficient (Wildman–Crippen LogP) is 3.91. The summed E-state index contributed by atoms with van der Waals surface area (Å²) in [4.78, 5) is 10.9. The van der Waals surface area contributed by atoms with E-state index in [9.17, 15) is 0 Å². The van der Waals surface area contributed by atoms with Crippen molar-refractivity contribution in [2.75, 3.05) is 11.4 Å². The minimum absolute atomic E-state index is 0.250. The van der Waals surface area contributed by atoms with E-state index < -0.39 is 0 Å². The molecular formula is C15H22ClNO2. The first kappa shape index (κ1) is 15.8. The molecule has 0 radical (unpaired) electrons. The van der Waals surface area contributed by atoms with Crippen LogP contribution in [0.15, 0.2) is 24.3 Å². The minimum atomic E-state index is -0.250. The molecule has 3 atom stereocenters. The molecular weight excluding hydrogens is 262 g/mol. The zero-order chi connectivity index (χ0) is 14.4. The topological polar surface area (TPSA) is 40.5 Å². The van der Waals surface area contributed by atoms with Gasteiger partial charge in [0.05, 0.1) is 0 Å². The number of hydrogen-bond donors (Lipinski definition) is 1. The number of piperidine rings is 1. The number of rotatable bonds is 1. The van der Waals surface area contributed by atoms with Gasteiger partial charge in [0.2, 0.25) is 0 Å². The van der Waals surface area contributed by atoms with E-state index in [4.69, 9.17) is 21.5 Å². The Hall–Kier alpha value is -1.22. The molecule has 1 N–H and O–H groups in total. The molecule has 2 fully saturated rings. The fourth-order valence-corrected chi connectivity index (χ4v) is 2.90. The van der Waals surface area contributed by atoms with Crippen molar-refractivity contribution in [3.63, 3.8) is 0 Å². The number of carboxylic acid groups (broad SMARTS) is 1. The maximum atomic E-state index is 8.36. The van der Waals surface area contributed by atoms with E-state index in [1.54, 1.807) is 0 Å². The maximum Gasteiger partial charge on any atom is 0.290 e. The summed E-state index contributed by atoms with van der Waals surface area (Å²) in [5, 5.41) is 7.73. The van der Waals surface area contributed by atoms with Crippen molar-refractivity contribution in [1.82, 2.24) is 0 Å². The molecule has 0 amide bonds. The Labute approximate surface area is 120 Å². The highest BCUT2D eigenvalue weighted by Crippen LogP contribution is 2.50. The molecule has 106 valence electrons. The van der Waals surface area contributed by atoms with E-state index in [-0.39, 0.29) is 6.47 Å². The van der Waals surface area contributed by atoms with Crippen LogP contribution in [0.25, 0.3) is 0 Å². The first-order chi connectivity index (χ1) is 9.17. The van der Waals surface area contributed by atoms with E-state index in [0.29, 0.717) is 6.04 Å². The Morgan fingerprint density at radius 3 is 2.53 bits per heavy atom. The van der Waals surface area contributed by atoms with Crippen molar-refractivity contribution < 1.29 is 9.90 Å². The Morgan fingerprint density at radius 1 is 1.42 bits per heavy atom. The molecule has 0 bridgehead atoms. The van der Waals surface area contributed by atoms with Gasteiger partial charge in [0, 0.05) is 23.3 Å². The first-order valence-electron chi connectivity index (χ1n) is 6.77. The van der Waals surface area contributed by atoms with Crippen LogP contribution in [0.3, 0.4) is 0 Å². The van der Waals surface area contributed by atoms with Crippen molar-refractivity contribution in [3.8, 4) is 0 Å². The molecule has 1 saturated heterocycles. The van der Waals surface area contributed by atoms with Gasteiger partial charge in [0.1, 0.15) is 0 Å². The summed E-state index contributed by atoms with van der Waals surface area (Å²) in [7, 11) is 0. The molecule has 3 unspecified atom stereocenters. The fraction of sp³-hybridized carbons (Fsp3) is 0.533. The van der Waals surface area contributed by atoms with Gasteiger partial charge in [-0.3, -0.25) is 4.79 Å². The molecule has 1 heterocycles. The summed E-state index contributed by atoms with van der Waals surface area (Å²) < 4.78 is 0. The number of fused-ring (bicyclic) bond motifs is 1. The van der Waals surface area contributed by atoms with Crippen LogP contribution >= 0.6 is 11.6 Å². The van der Waals surface area contributed by atoms with E-state index in [2.05, 4.69) is 24.0 Å². The van der Waals surface area contributed by atoms with Crippen LogP contribution in [0.2, 0.25) is 5.02 Å². The van der Waals surface area contributed by atoms with E-state index >= 15 is 0 Å². The maximum absolute atomic E-state index is 8.36. The first-order valence-corrected chi connectivity index (χ1v) is 7.15. The standard InChI is InChI=1S/C12H14ClN.C2H6.CH2O2/c1-8-12-5-9(12)7-14(8)11-4-2-3-10(13)6-11;1-2;2-1-3/h2-4,6,8-9,12H,5,7H2,1H3;1-2H3;1H,(H,2,3). The second kappa shape index (κ2) is 7.39. The molecule has 3 rings (SSSR count). The van der Waals surface area contributed by atoms with E-state index in [1.165, 1.54) is 18.7 Å². The van der Waals surface area contributed by atoms with Crippen molar-refractivity contribution >= 4 is 23.8 Å². The van der Waals surface area contributed by atoms with Crippen LogP contribution in [0.4, 0.5) is 5.69 Å². The molecule has 1 aliphatic carbocycles. The quantitative estimate of drug-likeness (QED) is 0.795. The highest BCUT2D eigenvalue weighted by Gasteiger charge is 2.50. The molecule has 1 aliphatic heterocycles. The van der Waals surface area contributed by atoms with Gasteiger partial charge in [0.25, 0.3) is 6.47 Å². The van der Waals surface area contributed by atoms with Crippen LogP contribution in [0, 0.1) is 11.8 Å². The van der Waals surface area contributed by atoms with Gasteiger partial charge in [-0.25, -0.2) is 0 Å². The smallest absolute Gasteiger partial charge is 0.290 e. The summed E-state index contributed by atoms with van der Waals surface area (Å²) in [5.74, 6) is 1.91. The number of halogens is 1. The van der Waals surface area contributed by atoms with Gasteiger partial charge < -0.3 is 10.0 Å². The van der Waals surface area contributed by atoms with Crippen molar-refractivity contribution in [2.24, 2.45) is 11.8 Å². The lowest BCUT2D eigenvalue weighted by atomic mass is 10.2.